The van der Waals surface area contributed by atoms with Crippen molar-refractivity contribution in [3.63, 3.8) is 0 Å². The second-order valence-corrected chi connectivity index (χ2v) is 10.9. The van der Waals surface area contributed by atoms with E-state index in [2.05, 4.69) is 35.6 Å². The second-order valence-electron chi connectivity index (χ2n) is 9.76. The largest absolute Gasteiger partial charge is 0.450 e. The van der Waals surface area contributed by atoms with Gasteiger partial charge in [-0.15, -0.1) is 0 Å². The Labute approximate surface area is 261 Å². The van der Waals surface area contributed by atoms with Gasteiger partial charge in [0.25, 0.3) is 5.91 Å². The van der Waals surface area contributed by atoms with Crippen LogP contribution in [0.25, 0.3) is 0 Å². The van der Waals surface area contributed by atoms with Crippen LogP contribution >= 0.6 is 35.4 Å². The van der Waals surface area contributed by atoms with Crippen molar-refractivity contribution in [2.24, 2.45) is 5.92 Å². The number of alkyl carbamates (subject to hydrolysis) is 1. The van der Waals surface area contributed by atoms with Crippen LogP contribution in [0.3, 0.4) is 0 Å². The van der Waals surface area contributed by atoms with Gasteiger partial charge in [0.1, 0.15) is 0 Å². The topological polar surface area (TPSA) is 112 Å². The van der Waals surface area contributed by atoms with Crippen LogP contribution in [0.5, 0.6) is 0 Å². The highest BCUT2D eigenvalue weighted by Crippen LogP contribution is 2.31. The number of hydrazine groups is 1. The molecular formula is C30H34Cl2N6O3S. The molecular weight excluding hydrogens is 595 g/mol. The standard InChI is InChI=1S/C30H34Cl2N6O3S/c1-4-20(3)13-14-35-38(29(42)36-30(40)41-5-2)28(39)24(15-23-7-6-8-25(31)27(23)32)26-17-34-19-37(26)18-22-11-9-21(16-33)10-12-22/h6-12,17,19-20,24,35H,4-5,13-15,18H2,1-3H3,(H,36,40,42)/t20-,24?/m0/s1. The molecule has 1 heterocycles. The van der Waals surface area contributed by atoms with E-state index in [-0.39, 0.29) is 18.1 Å². The minimum Gasteiger partial charge on any atom is -0.450 e. The van der Waals surface area contributed by atoms with Crippen molar-refractivity contribution >= 4 is 52.5 Å². The van der Waals surface area contributed by atoms with Gasteiger partial charge >= 0.3 is 6.09 Å². The minimum atomic E-state index is -0.820. The molecule has 3 aromatic rings. The van der Waals surface area contributed by atoms with Crippen LogP contribution < -0.4 is 10.7 Å². The van der Waals surface area contributed by atoms with Crippen molar-refractivity contribution in [2.45, 2.75) is 52.5 Å². The molecule has 2 amide bonds. The number of halogens is 2. The third-order valence-electron chi connectivity index (χ3n) is 6.80. The number of hydrogen-bond acceptors (Lipinski definition) is 7. The lowest BCUT2D eigenvalue weighted by molar-refractivity contribution is -0.131. The zero-order chi connectivity index (χ0) is 30.6. The van der Waals surface area contributed by atoms with Crippen molar-refractivity contribution in [3.05, 3.63) is 87.4 Å². The number of nitrogens with zero attached hydrogens (tertiary/aromatic N) is 4. The summed E-state index contributed by atoms with van der Waals surface area (Å²) in [5, 5.41) is 13.4. The summed E-state index contributed by atoms with van der Waals surface area (Å²) in [5.74, 6) is -0.825. The molecule has 0 saturated carbocycles. The fourth-order valence-electron chi connectivity index (χ4n) is 4.22. The summed E-state index contributed by atoms with van der Waals surface area (Å²) < 4.78 is 6.85. The molecule has 0 aliphatic carbocycles. The predicted molar refractivity (Wildman–Crippen MR) is 167 cm³/mol. The van der Waals surface area contributed by atoms with E-state index in [0.717, 1.165) is 18.4 Å². The summed E-state index contributed by atoms with van der Waals surface area (Å²) in [6, 6.07) is 14.6. The first kappa shape index (κ1) is 33.0. The number of nitrogens with one attached hydrogen (secondary N) is 2. The molecule has 2 N–H and O–H groups in total. The van der Waals surface area contributed by atoms with Crippen LogP contribution in [-0.4, -0.2) is 44.8 Å². The summed E-state index contributed by atoms with van der Waals surface area (Å²) in [4.78, 5) is 31.0. The Morgan fingerprint density at radius 1 is 1.19 bits per heavy atom. The van der Waals surface area contributed by atoms with E-state index < -0.39 is 17.9 Å². The fraction of sp³-hybridized carbons (Fsp3) is 0.367. The van der Waals surface area contributed by atoms with Crippen LogP contribution in [-0.2, 0) is 22.5 Å². The van der Waals surface area contributed by atoms with Crippen molar-refractivity contribution in [1.82, 2.24) is 25.3 Å². The van der Waals surface area contributed by atoms with Crippen LogP contribution in [0.2, 0.25) is 10.0 Å². The van der Waals surface area contributed by atoms with Crippen molar-refractivity contribution in [3.8, 4) is 6.07 Å². The SMILES string of the molecule is CCOC(=O)NC(=S)N(NCC[C@@H](C)CC)C(=O)C(Cc1cccc(Cl)c1Cl)c1cncn1Cc1ccc(C#N)cc1. The number of benzene rings is 2. The number of rotatable bonds is 12. The highest BCUT2D eigenvalue weighted by Gasteiger charge is 2.32. The van der Waals surface area contributed by atoms with Gasteiger partial charge in [-0.05, 0) is 67.2 Å². The van der Waals surface area contributed by atoms with Crippen molar-refractivity contribution < 1.29 is 14.3 Å². The average molecular weight is 630 g/mol. The summed E-state index contributed by atoms with van der Waals surface area (Å²) in [5.41, 5.74) is 5.86. The number of amides is 2. The quantitative estimate of drug-likeness (QED) is 0.180. The molecule has 0 aliphatic rings. The van der Waals surface area contributed by atoms with E-state index in [1.807, 2.05) is 22.8 Å². The minimum absolute atomic E-state index is 0.136. The van der Waals surface area contributed by atoms with Crippen LogP contribution in [0.4, 0.5) is 4.79 Å². The normalized spacial score (nSPS) is 12.2. The van der Waals surface area contributed by atoms with E-state index in [1.165, 1.54) is 5.01 Å². The molecule has 0 saturated heterocycles. The van der Waals surface area contributed by atoms with Gasteiger partial charge in [-0.3, -0.25) is 10.1 Å². The summed E-state index contributed by atoms with van der Waals surface area (Å²) >= 11 is 18.4. The van der Waals surface area contributed by atoms with Gasteiger partial charge in [0.15, 0.2) is 5.11 Å². The molecule has 0 spiro atoms. The maximum absolute atomic E-state index is 14.4. The Morgan fingerprint density at radius 2 is 1.93 bits per heavy atom. The summed E-state index contributed by atoms with van der Waals surface area (Å²) in [7, 11) is 0. The molecule has 2 aromatic carbocycles. The first-order valence-corrected chi connectivity index (χ1v) is 14.8. The van der Waals surface area contributed by atoms with E-state index in [0.29, 0.717) is 45.9 Å². The highest BCUT2D eigenvalue weighted by atomic mass is 35.5. The number of nitriles is 1. The number of carbonyl (C=O) groups is 2. The second kappa shape index (κ2) is 16.2. The van der Waals surface area contributed by atoms with E-state index in [4.69, 9.17) is 45.4 Å². The Kier molecular flexibility index (Phi) is 12.8. The number of imidazole rings is 1. The van der Waals surface area contributed by atoms with Crippen LogP contribution in [0.15, 0.2) is 55.0 Å². The molecule has 0 radical (unpaired) electrons. The Balaban J connectivity index is 2.01. The molecule has 0 aliphatic heterocycles. The third-order valence-corrected chi connectivity index (χ3v) is 7.95. The zero-order valence-electron chi connectivity index (χ0n) is 23.8. The van der Waals surface area contributed by atoms with Gasteiger partial charge in [0, 0.05) is 19.3 Å². The first-order chi connectivity index (χ1) is 20.2. The molecule has 42 heavy (non-hydrogen) atoms. The maximum Gasteiger partial charge on any atom is 0.413 e. The molecule has 1 aromatic heterocycles. The summed E-state index contributed by atoms with van der Waals surface area (Å²) in [6.45, 7) is 6.89. The Bertz CT molecular complexity index is 1420. The lowest BCUT2D eigenvalue weighted by Gasteiger charge is -2.29. The molecule has 3 rings (SSSR count). The highest BCUT2D eigenvalue weighted by molar-refractivity contribution is 7.80. The third kappa shape index (κ3) is 9.00. The molecule has 2 atom stereocenters. The smallest absolute Gasteiger partial charge is 0.413 e. The lowest BCUT2D eigenvalue weighted by atomic mass is 9.95. The zero-order valence-corrected chi connectivity index (χ0v) is 26.1. The molecule has 222 valence electrons. The predicted octanol–water partition coefficient (Wildman–Crippen LogP) is 6.24. The van der Waals surface area contributed by atoms with E-state index in [1.54, 1.807) is 43.7 Å². The van der Waals surface area contributed by atoms with E-state index >= 15 is 0 Å². The van der Waals surface area contributed by atoms with Crippen molar-refractivity contribution in [1.29, 1.82) is 5.26 Å². The monoisotopic (exact) mass is 628 g/mol. The number of thiocarbonyl (C=S) groups is 1. The molecule has 0 fully saturated rings. The number of ether oxygens (including phenoxy) is 1. The van der Waals surface area contributed by atoms with E-state index in [9.17, 15) is 9.59 Å². The summed E-state index contributed by atoms with van der Waals surface area (Å²) in [6.07, 6.45) is 4.45. The number of hydrogen-bond donors (Lipinski definition) is 2. The maximum atomic E-state index is 14.4. The van der Waals surface area contributed by atoms with Gasteiger partial charge < -0.3 is 9.30 Å². The van der Waals surface area contributed by atoms with Gasteiger partial charge in [-0.1, -0.05) is 67.7 Å². The number of carbonyl (C=O) groups excluding carboxylic acids is 2. The molecule has 12 heteroatoms. The number of aromatic nitrogens is 2. The molecule has 0 bridgehead atoms. The van der Waals surface area contributed by atoms with Crippen LogP contribution in [0.1, 0.15) is 61.9 Å². The Hall–Kier alpha value is -3.49. The van der Waals surface area contributed by atoms with Crippen molar-refractivity contribution in [2.75, 3.05) is 13.2 Å². The van der Waals surface area contributed by atoms with Crippen LogP contribution in [0, 0.1) is 17.2 Å². The molecule has 1 unspecified atom stereocenters. The van der Waals surface area contributed by atoms with Gasteiger partial charge in [-0.25, -0.2) is 20.2 Å². The average Bonchev–Trinajstić information content (AvgIpc) is 3.43. The van der Waals surface area contributed by atoms with Gasteiger partial charge in [-0.2, -0.15) is 5.26 Å². The Morgan fingerprint density at radius 3 is 2.60 bits per heavy atom. The fourth-order valence-corrected chi connectivity index (χ4v) is 4.86. The molecule has 9 nitrogen and oxygen atoms in total. The van der Waals surface area contributed by atoms with Gasteiger partial charge in [0.2, 0.25) is 0 Å². The first-order valence-electron chi connectivity index (χ1n) is 13.7. The van der Waals surface area contributed by atoms with Gasteiger partial charge in [0.05, 0.1) is 46.2 Å². The lowest BCUT2D eigenvalue weighted by Crippen LogP contribution is -2.55.